The molecule has 3 atom stereocenters. The third-order valence-electron chi connectivity index (χ3n) is 7.17. The number of hydrogen-bond donors (Lipinski definition) is 0. The first-order chi connectivity index (χ1) is 9.68. The summed E-state index contributed by atoms with van der Waals surface area (Å²) in [5.74, 6) is 1.16. The molecule has 2 aliphatic carbocycles. The molecule has 0 aromatic rings. The van der Waals surface area contributed by atoms with Gasteiger partial charge in [-0.3, -0.25) is 9.59 Å². The quantitative estimate of drug-likeness (QED) is 0.676. The van der Waals surface area contributed by atoms with Gasteiger partial charge in [0.2, 0.25) is 5.91 Å². The van der Waals surface area contributed by atoms with Gasteiger partial charge in [-0.15, -0.1) is 0 Å². The van der Waals surface area contributed by atoms with Crippen LogP contribution in [0, 0.1) is 22.2 Å². The zero-order valence-corrected chi connectivity index (χ0v) is 15.1. The van der Waals surface area contributed by atoms with E-state index in [0.29, 0.717) is 5.92 Å². The minimum Gasteiger partial charge on any atom is -0.342 e. The summed E-state index contributed by atoms with van der Waals surface area (Å²) in [6, 6.07) is 0. The van der Waals surface area contributed by atoms with Gasteiger partial charge < -0.3 is 4.90 Å². The maximum atomic E-state index is 13.3. The van der Waals surface area contributed by atoms with Gasteiger partial charge in [-0.1, -0.05) is 43.6 Å². The highest BCUT2D eigenvalue weighted by Crippen LogP contribution is 2.72. The van der Waals surface area contributed by atoms with Gasteiger partial charge in [0.1, 0.15) is 0 Å². The molecular formula is C17H26BrNO2. The van der Waals surface area contributed by atoms with Gasteiger partial charge in [0.05, 0.1) is 10.2 Å². The molecule has 3 aliphatic rings. The predicted octanol–water partition coefficient (Wildman–Crippen LogP) is 3.40. The lowest BCUT2D eigenvalue weighted by Gasteiger charge is -2.44. The van der Waals surface area contributed by atoms with Gasteiger partial charge in [0.25, 0.3) is 0 Å². The van der Waals surface area contributed by atoms with Crippen molar-refractivity contribution in [3.63, 3.8) is 0 Å². The Kier molecular flexibility index (Phi) is 3.37. The van der Waals surface area contributed by atoms with E-state index in [9.17, 15) is 9.59 Å². The molecule has 1 aliphatic heterocycles. The number of rotatable bonds is 1. The third kappa shape index (κ3) is 1.66. The highest BCUT2D eigenvalue weighted by Gasteiger charge is 2.77. The Labute approximate surface area is 136 Å². The van der Waals surface area contributed by atoms with E-state index < -0.39 is 5.41 Å². The average molecular weight is 356 g/mol. The number of Topliss-reactive ketones (excluding diaryl/α,β-unsaturated/α-hetero) is 1. The molecule has 1 saturated heterocycles. The van der Waals surface area contributed by atoms with E-state index in [-0.39, 0.29) is 27.3 Å². The van der Waals surface area contributed by atoms with Crippen molar-refractivity contribution in [1.29, 1.82) is 0 Å². The topological polar surface area (TPSA) is 37.4 Å². The maximum absolute atomic E-state index is 13.3. The van der Waals surface area contributed by atoms with Crippen molar-refractivity contribution < 1.29 is 9.59 Å². The minimum absolute atomic E-state index is 0.218. The van der Waals surface area contributed by atoms with Crippen LogP contribution < -0.4 is 0 Å². The standard InChI is InChI=1S/C17H26BrNO2/c1-11-5-9-19(10-6-11)14(21)17-8-7-16(4,15(17,2)3)13(20)12(17)18/h11-12H,5-10H2,1-4H3/t12-,16?,17?/m1/s1. The second-order valence-electron chi connectivity index (χ2n) is 8.13. The number of amides is 1. The number of carbonyl (C=O) groups is 2. The number of carbonyl (C=O) groups excluding carboxylic acids is 2. The normalized spacial score (nSPS) is 42.6. The molecule has 3 nitrogen and oxygen atoms in total. The summed E-state index contributed by atoms with van der Waals surface area (Å²) in [6.45, 7) is 10.3. The first-order valence-electron chi connectivity index (χ1n) is 8.16. The highest BCUT2D eigenvalue weighted by molar-refractivity contribution is 9.10. The Bertz CT molecular complexity index is 495. The summed E-state index contributed by atoms with van der Waals surface area (Å²) in [4.78, 5) is 27.8. The van der Waals surface area contributed by atoms with E-state index in [1.165, 1.54) is 0 Å². The molecule has 0 radical (unpaired) electrons. The summed E-state index contributed by atoms with van der Waals surface area (Å²) < 4.78 is 0. The van der Waals surface area contributed by atoms with Crippen molar-refractivity contribution >= 4 is 27.6 Å². The monoisotopic (exact) mass is 355 g/mol. The Morgan fingerprint density at radius 3 is 2.24 bits per heavy atom. The molecule has 0 N–H and O–H groups in total. The molecule has 2 unspecified atom stereocenters. The molecule has 0 aromatic carbocycles. The average Bonchev–Trinajstić information content (AvgIpc) is 2.71. The van der Waals surface area contributed by atoms with Crippen LogP contribution >= 0.6 is 15.9 Å². The van der Waals surface area contributed by atoms with Gasteiger partial charge in [-0.2, -0.15) is 0 Å². The molecule has 0 aromatic heterocycles. The fourth-order valence-corrected chi connectivity index (χ4v) is 6.42. The van der Waals surface area contributed by atoms with E-state index in [2.05, 4.69) is 43.6 Å². The number of fused-ring (bicyclic) bond motifs is 2. The van der Waals surface area contributed by atoms with Crippen molar-refractivity contribution in [3.8, 4) is 0 Å². The van der Waals surface area contributed by atoms with Gasteiger partial charge in [-0.05, 0) is 37.0 Å². The Balaban J connectivity index is 1.96. The first kappa shape index (κ1) is 15.5. The minimum atomic E-state index is -0.542. The molecule has 3 fully saturated rings. The number of alkyl halides is 1. The molecular weight excluding hydrogens is 330 g/mol. The van der Waals surface area contributed by atoms with Crippen LogP contribution in [0.25, 0.3) is 0 Å². The molecule has 21 heavy (non-hydrogen) atoms. The zero-order chi connectivity index (χ0) is 15.6. The number of hydrogen-bond acceptors (Lipinski definition) is 2. The fraction of sp³-hybridized carbons (Fsp3) is 0.882. The fourth-order valence-electron chi connectivity index (χ4n) is 4.92. The summed E-state index contributed by atoms with van der Waals surface area (Å²) in [5.41, 5.74) is -1.18. The second kappa shape index (κ2) is 4.56. The van der Waals surface area contributed by atoms with Crippen LogP contribution in [0.1, 0.15) is 53.4 Å². The van der Waals surface area contributed by atoms with E-state index in [0.717, 1.165) is 38.8 Å². The Morgan fingerprint density at radius 1 is 1.19 bits per heavy atom. The number of piperidine rings is 1. The van der Waals surface area contributed by atoms with Crippen LogP contribution in [-0.4, -0.2) is 34.5 Å². The van der Waals surface area contributed by atoms with Crippen molar-refractivity contribution in [1.82, 2.24) is 4.90 Å². The van der Waals surface area contributed by atoms with Crippen molar-refractivity contribution in [2.45, 2.75) is 58.2 Å². The lowest BCUT2D eigenvalue weighted by molar-refractivity contribution is -0.148. The van der Waals surface area contributed by atoms with Gasteiger partial charge in [-0.25, -0.2) is 0 Å². The first-order valence-corrected chi connectivity index (χ1v) is 9.08. The maximum Gasteiger partial charge on any atom is 0.230 e. The molecule has 2 bridgehead atoms. The van der Waals surface area contributed by atoms with Gasteiger partial charge >= 0.3 is 0 Å². The molecule has 4 heteroatoms. The van der Waals surface area contributed by atoms with E-state index in [4.69, 9.17) is 0 Å². The Hall–Kier alpha value is -0.380. The lowest BCUT2D eigenvalue weighted by atomic mass is 9.64. The Morgan fingerprint density at radius 2 is 1.76 bits per heavy atom. The van der Waals surface area contributed by atoms with Crippen molar-refractivity contribution in [2.24, 2.45) is 22.2 Å². The SMILES string of the molecule is CC1CCN(C(=O)C23CCC(C)(C(=O)[C@H]2Br)C3(C)C)CC1. The molecule has 0 spiro atoms. The zero-order valence-electron chi connectivity index (χ0n) is 13.5. The van der Waals surface area contributed by atoms with Crippen LogP contribution in [0.4, 0.5) is 0 Å². The van der Waals surface area contributed by atoms with Gasteiger partial charge in [0.15, 0.2) is 5.78 Å². The lowest BCUT2D eigenvalue weighted by Crippen LogP contribution is -2.54. The summed E-state index contributed by atoms with van der Waals surface area (Å²) in [7, 11) is 0. The highest BCUT2D eigenvalue weighted by atomic mass is 79.9. The number of likely N-dealkylation sites (tertiary alicyclic amines) is 1. The smallest absolute Gasteiger partial charge is 0.230 e. The van der Waals surface area contributed by atoms with E-state index in [1.807, 2.05) is 4.90 Å². The molecule has 118 valence electrons. The second-order valence-corrected chi connectivity index (χ2v) is 9.05. The van der Waals surface area contributed by atoms with Gasteiger partial charge in [0, 0.05) is 18.5 Å². The predicted molar refractivity (Wildman–Crippen MR) is 86.3 cm³/mol. The number of ketones is 1. The van der Waals surface area contributed by atoms with Crippen molar-refractivity contribution in [3.05, 3.63) is 0 Å². The van der Waals surface area contributed by atoms with Crippen LogP contribution in [-0.2, 0) is 9.59 Å². The van der Waals surface area contributed by atoms with Crippen LogP contribution in [0.15, 0.2) is 0 Å². The van der Waals surface area contributed by atoms with Crippen LogP contribution in [0.2, 0.25) is 0 Å². The van der Waals surface area contributed by atoms with Crippen LogP contribution in [0.3, 0.4) is 0 Å². The van der Waals surface area contributed by atoms with Crippen molar-refractivity contribution in [2.75, 3.05) is 13.1 Å². The molecule has 2 saturated carbocycles. The third-order valence-corrected chi connectivity index (χ3v) is 8.37. The molecule has 3 rings (SSSR count). The summed E-state index contributed by atoms with van der Waals surface area (Å²) >= 11 is 3.61. The summed E-state index contributed by atoms with van der Waals surface area (Å²) in [6.07, 6.45) is 3.85. The number of halogens is 1. The molecule has 1 heterocycles. The molecule has 1 amide bonds. The van der Waals surface area contributed by atoms with E-state index in [1.54, 1.807) is 0 Å². The largest absolute Gasteiger partial charge is 0.342 e. The number of nitrogens with zero attached hydrogens (tertiary/aromatic N) is 1. The summed E-state index contributed by atoms with van der Waals surface area (Å²) in [5, 5.41) is 0. The van der Waals surface area contributed by atoms with Crippen LogP contribution in [0.5, 0.6) is 0 Å². The van der Waals surface area contributed by atoms with E-state index >= 15 is 0 Å².